The maximum absolute atomic E-state index is 10.0. The summed E-state index contributed by atoms with van der Waals surface area (Å²) in [5, 5.41) is 20.6. The molecule has 0 aromatic heterocycles. The largest absolute Gasteiger partial charge is 0.494 e. The molecule has 0 aliphatic rings. The first-order valence-corrected chi connectivity index (χ1v) is 8.07. The van der Waals surface area contributed by atoms with Gasteiger partial charge < -0.3 is 14.9 Å². The molecular weight excluding hydrogens is 288 g/mol. The maximum atomic E-state index is 10.0. The molecule has 2 N–H and O–H groups in total. The van der Waals surface area contributed by atoms with Crippen molar-refractivity contribution in [2.75, 3.05) is 6.61 Å². The molecule has 0 radical (unpaired) electrons. The van der Waals surface area contributed by atoms with Crippen LogP contribution in [0.15, 0.2) is 6.07 Å². The Morgan fingerprint density at radius 1 is 1.14 bits per heavy atom. The van der Waals surface area contributed by atoms with Gasteiger partial charge in [0.2, 0.25) is 0 Å². The number of benzene rings is 1. The molecule has 3 nitrogen and oxygen atoms in total. The number of hydrogen-bond acceptors (Lipinski definition) is 3. The van der Waals surface area contributed by atoms with E-state index in [1.807, 2.05) is 33.8 Å². The topological polar surface area (TPSA) is 49.7 Å². The van der Waals surface area contributed by atoms with E-state index in [1.165, 1.54) is 0 Å². The van der Waals surface area contributed by atoms with Gasteiger partial charge in [-0.15, -0.1) is 0 Å². The lowest BCUT2D eigenvalue weighted by Crippen LogP contribution is -2.26. The van der Waals surface area contributed by atoms with Crippen molar-refractivity contribution in [2.24, 2.45) is 0 Å². The lowest BCUT2D eigenvalue weighted by atomic mass is 9.96. The molecule has 0 saturated carbocycles. The summed E-state index contributed by atoms with van der Waals surface area (Å²) in [5.74, 6) is 0.828. The van der Waals surface area contributed by atoms with Crippen LogP contribution in [0.3, 0.4) is 0 Å². The zero-order valence-electron chi connectivity index (χ0n) is 13.4. The van der Waals surface area contributed by atoms with Crippen LogP contribution in [0.2, 0.25) is 5.02 Å². The Morgan fingerprint density at radius 3 is 2.33 bits per heavy atom. The number of aliphatic hydroxyl groups is 2. The Hall–Kier alpha value is -0.770. The van der Waals surface area contributed by atoms with Gasteiger partial charge in [0.25, 0.3) is 0 Å². The highest BCUT2D eigenvalue weighted by atomic mass is 35.5. The number of ether oxygens (including phenoxy) is 1. The Balaban J connectivity index is 2.89. The summed E-state index contributed by atoms with van der Waals surface area (Å²) in [4.78, 5) is 0. The van der Waals surface area contributed by atoms with Crippen molar-refractivity contribution in [3.63, 3.8) is 0 Å². The molecule has 0 bridgehead atoms. The van der Waals surface area contributed by atoms with E-state index in [-0.39, 0.29) is 0 Å². The predicted molar refractivity (Wildman–Crippen MR) is 87.3 cm³/mol. The third-order valence-corrected chi connectivity index (χ3v) is 4.37. The first kappa shape index (κ1) is 18.3. The number of aliphatic hydroxyl groups excluding tert-OH is 2. The van der Waals surface area contributed by atoms with Crippen LogP contribution in [0.4, 0.5) is 0 Å². The standard InChI is InChI=1S/C17H27ClO3/c1-5-7-14(19)15(20)9-8-13-12(4)17(18)11(3)10-16(13)21-6-2/h10,14-15,19-20H,5-9H2,1-4H3. The number of rotatable bonds is 8. The van der Waals surface area contributed by atoms with Gasteiger partial charge in [-0.25, -0.2) is 0 Å². The Bertz CT molecular complexity index is 460. The molecule has 0 amide bonds. The van der Waals surface area contributed by atoms with Crippen molar-refractivity contribution in [3.8, 4) is 5.75 Å². The van der Waals surface area contributed by atoms with E-state index in [0.29, 0.717) is 25.9 Å². The SMILES string of the molecule is CCCC(O)C(O)CCc1c(OCC)cc(C)c(Cl)c1C. The van der Waals surface area contributed by atoms with E-state index in [9.17, 15) is 10.2 Å². The molecule has 0 heterocycles. The van der Waals surface area contributed by atoms with Crippen LogP contribution in [0, 0.1) is 13.8 Å². The molecule has 0 saturated heterocycles. The summed E-state index contributed by atoms with van der Waals surface area (Å²) in [5.41, 5.74) is 3.01. The third kappa shape index (κ3) is 4.87. The average molecular weight is 315 g/mol. The van der Waals surface area contributed by atoms with Gasteiger partial charge in [0.15, 0.2) is 0 Å². The molecule has 0 spiro atoms. The molecule has 1 aromatic carbocycles. The normalized spacial score (nSPS) is 14.0. The molecule has 1 rings (SSSR count). The molecule has 0 aliphatic carbocycles. The highest BCUT2D eigenvalue weighted by molar-refractivity contribution is 6.32. The highest BCUT2D eigenvalue weighted by Crippen LogP contribution is 2.33. The summed E-state index contributed by atoms with van der Waals surface area (Å²) in [7, 11) is 0. The van der Waals surface area contributed by atoms with Crippen LogP contribution in [-0.2, 0) is 6.42 Å². The smallest absolute Gasteiger partial charge is 0.123 e. The van der Waals surface area contributed by atoms with Gasteiger partial charge in [0.1, 0.15) is 5.75 Å². The minimum Gasteiger partial charge on any atom is -0.494 e. The van der Waals surface area contributed by atoms with E-state index in [4.69, 9.17) is 16.3 Å². The minimum absolute atomic E-state index is 0.501. The molecular formula is C17H27ClO3. The molecule has 0 aliphatic heterocycles. The lowest BCUT2D eigenvalue weighted by Gasteiger charge is -2.20. The quantitative estimate of drug-likeness (QED) is 0.767. The van der Waals surface area contributed by atoms with Crippen molar-refractivity contribution in [2.45, 2.75) is 65.6 Å². The van der Waals surface area contributed by atoms with Gasteiger partial charge >= 0.3 is 0 Å². The predicted octanol–water partition coefficient (Wildman–Crippen LogP) is 3.81. The van der Waals surface area contributed by atoms with Gasteiger partial charge in [-0.1, -0.05) is 24.9 Å². The molecule has 0 fully saturated rings. The molecule has 2 atom stereocenters. The Labute approximate surface area is 132 Å². The van der Waals surface area contributed by atoms with E-state index in [0.717, 1.165) is 33.9 Å². The summed E-state index contributed by atoms with van der Waals surface area (Å²) < 4.78 is 5.69. The molecule has 2 unspecified atom stereocenters. The van der Waals surface area contributed by atoms with E-state index in [2.05, 4.69) is 0 Å². The van der Waals surface area contributed by atoms with Gasteiger partial charge in [-0.3, -0.25) is 0 Å². The summed E-state index contributed by atoms with van der Waals surface area (Å²) >= 11 is 6.32. The first-order valence-electron chi connectivity index (χ1n) is 7.69. The first-order chi connectivity index (χ1) is 9.92. The summed E-state index contributed by atoms with van der Waals surface area (Å²) in [6, 6.07) is 1.95. The summed E-state index contributed by atoms with van der Waals surface area (Å²) in [6.45, 7) is 8.47. The van der Waals surface area contributed by atoms with Crippen LogP contribution >= 0.6 is 11.6 Å². The second-order valence-corrected chi connectivity index (χ2v) is 5.88. The molecule has 4 heteroatoms. The van der Waals surface area contributed by atoms with E-state index in [1.54, 1.807) is 0 Å². The van der Waals surface area contributed by atoms with Crippen molar-refractivity contribution in [1.82, 2.24) is 0 Å². The van der Waals surface area contributed by atoms with Crippen LogP contribution in [0.25, 0.3) is 0 Å². The second kappa shape index (κ2) is 8.62. The van der Waals surface area contributed by atoms with Crippen molar-refractivity contribution < 1.29 is 14.9 Å². The third-order valence-electron chi connectivity index (χ3n) is 3.79. The molecule has 1 aromatic rings. The van der Waals surface area contributed by atoms with Crippen molar-refractivity contribution in [3.05, 3.63) is 27.8 Å². The van der Waals surface area contributed by atoms with Crippen molar-refractivity contribution in [1.29, 1.82) is 0 Å². The number of halogens is 1. The fraction of sp³-hybridized carbons (Fsp3) is 0.647. The van der Waals surface area contributed by atoms with Gasteiger partial charge in [0, 0.05) is 5.02 Å². The van der Waals surface area contributed by atoms with Crippen molar-refractivity contribution >= 4 is 11.6 Å². The fourth-order valence-electron chi connectivity index (χ4n) is 2.53. The Morgan fingerprint density at radius 2 is 1.76 bits per heavy atom. The monoisotopic (exact) mass is 314 g/mol. The zero-order chi connectivity index (χ0) is 16.0. The Kier molecular flexibility index (Phi) is 7.50. The number of hydrogen-bond donors (Lipinski definition) is 2. The minimum atomic E-state index is -0.709. The van der Waals surface area contributed by atoms with E-state index < -0.39 is 12.2 Å². The van der Waals surface area contributed by atoms with Crippen LogP contribution in [-0.4, -0.2) is 29.0 Å². The highest BCUT2D eigenvalue weighted by Gasteiger charge is 2.18. The average Bonchev–Trinajstić information content (AvgIpc) is 2.45. The van der Waals surface area contributed by atoms with E-state index >= 15 is 0 Å². The maximum Gasteiger partial charge on any atom is 0.123 e. The van der Waals surface area contributed by atoms with Crippen LogP contribution in [0.1, 0.15) is 49.8 Å². The summed E-state index contributed by atoms with van der Waals surface area (Å²) in [6.07, 6.45) is 1.25. The van der Waals surface area contributed by atoms with Crippen LogP contribution < -0.4 is 4.74 Å². The van der Waals surface area contributed by atoms with Gasteiger partial charge in [-0.05, 0) is 62.8 Å². The lowest BCUT2D eigenvalue weighted by molar-refractivity contribution is 0.00971. The van der Waals surface area contributed by atoms with Crippen LogP contribution in [0.5, 0.6) is 5.75 Å². The molecule has 21 heavy (non-hydrogen) atoms. The van der Waals surface area contributed by atoms with Gasteiger partial charge in [0.05, 0.1) is 18.8 Å². The number of aryl methyl sites for hydroxylation is 1. The fourth-order valence-corrected chi connectivity index (χ4v) is 2.70. The van der Waals surface area contributed by atoms with Gasteiger partial charge in [-0.2, -0.15) is 0 Å². The zero-order valence-corrected chi connectivity index (χ0v) is 14.2. The molecule has 120 valence electrons. The second-order valence-electron chi connectivity index (χ2n) is 5.50.